The van der Waals surface area contributed by atoms with Crippen molar-refractivity contribution in [3.8, 4) is 16.9 Å². The molecule has 0 atom stereocenters. The van der Waals surface area contributed by atoms with Gasteiger partial charge in [0.05, 0.1) is 18.9 Å². The third-order valence-corrected chi connectivity index (χ3v) is 6.07. The standard InChI is InChI=1S/C23H27F2NO2/c1-13-9-16-17(23(4,5)8-7-22(16,2)3)11-15(13)19-20(25)14(12-26-27)10-18(24)21(19)28-6/h9-12,27H,7-8H2,1-6H3/b26-12+. The molecule has 0 radical (unpaired) electrons. The number of nitrogens with zero attached hydrogens (tertiary/aromatic N) is 1. The van der Waals surface area contributed by atoms with Crippen LogP contribution in [0.2, 0.25) is 0 Å². The number of hydrogen-bond donors (Lipinski definition) is 1. The van der Waals surface area contributed by atoms with Gasteiger partial charge in [0.25, 0.3) is 0 Å². The van der Waals surface area contributed by atoms with Crippen LogP contribution in [0.25, 0.3) is 11.1 Å². The molecule has 0 saturated carbocycles. The molecule has 3 rings (SSSR count). The molecule has 3 nitrogen and oxygen atoms in total. The van der Waals surface area contributed by atoms with Crippen LogP contribution in [0.15, 0.2) is 23.4 Å². The van der Waals surface area contributed by atoms with Gasteiger partial charge in [0, 0.05) is 5.56 Å². The van der Waals surface area contributed by atoms with Crippen LogP contribution in [0.5, 0.6) is 5.75 Å². The van der Waals surface area contributed by atoms with Gasteiger partial charge in [0.2, 0.25) is 0 Å². The molecule has 2 aromatic carbocycles. The first-order chi connectivity index (χ1) is 13.0. The van der Waals surface area contributed by atoms with Crippen LogP contribution in [-0.2, 0) is 10.8 Å². The molecule has 0 amide bonds. The van der Waals surface area contributed by atoms with Crippen molar-refractivity contribution in [1.82, 2.24) is 0 Å². The van der Waals surface area contributed by atoms with Crippen molar-refractivity contribution >= 4 is 6.21 Å². The average molecular weight is 387 g/mol. The maximum absolute atomic E-state index is 15.3. The Balaban J connectivity index is 2.38. The lowest BCUT2D eigenvalue weighted by Gasteiger charge is -2.42. The second-order valence-corrected chi connectivity index (χ2v) is 8.89. The highest BCUT2D eigenvalue weighted by Gasteiger charge is 2.38. The van der Waals surface area contributed by atoms with Crippen molar-refractivity contribution in [2.75, 3.05) is 7.11 Å². The van der Waals surface area contributed by atoms with Gasteiger partial charge >= 0.3 is 0 Å². The number of fused-ring (bicyclic) bond motifs is 1. The van der Waals surface area contributed by atoms with E-state index >= 15 is 4.39 Å². The van der Waals surface area contributed by atoms with Gasteiger partial charge in [-0.1, -0.05) is 38.9 Å². The van der Waals surface area contributed by atoms with Crippen LogP contribution < -0.4 is 4.74 Å². The van der Waals surface area contributed by atoms with E-state index in [1.165, 1.54) is 12.7 Å². The first-order valence-electron chi connectivity index (χ1n) is 9.43. The fraction of sp³-hybridized carbons (Fsp3) is 0.435. The summed E-state index contributed by atoms with van der Waals surface area (Å²) in [6.45, 7) is 10.7. The van der Waals surface area contributed by atoms with Crippen molar-refractivity contribution in [3.05, 3.63) is 52.1 Å². The van der Waals surface area contributed by atoms with E-state index in [9.17, 15) is 4.39 Å². The Hall–Kier alpha value is -2.43. The molecule has 0 heterocycles. The second kappa shape index (κ2) is 6.87. The number of rotatable bonds is 3. The third kappa shape index (κ3) is 3.17. The fourth-order valence-electron chi connectivity index (χ4n) is 4.22. The van der Waals surface area contributed by atoms with E-state index in [0.29, 0.717) is 5.56 Å². The highest BCUT2D eigenvalue weighted by molar-refractivity contribution is 5.86. The highest BCUT2D eigenvalue weighted by Crippen LogP contribution is 2.49. The van der Waals surface area contributed by atoms with Crippen molar-refractivity contribution < 1.29 is 18.7 Å². The maximum atomic E-state index is 15.3. The summed E-state index contributed by atoms with van der Waals surface area (Å²) in [5.41, 5.74) is 3.70. The monoisotopic (exact) mass is 387 g/mol. The minimum Gasteiger partial charge on any atom is -0.493 e. The molecule has 0 fully saturated rings. The molecule has 2 aromatic rings. The van der Waals surface area contributed by atoms with Crippen LogP contribution in [0.3, 0.4) is 0 Å². The molecule has 0 saturated heterocycles. The number of benzene rings is 2. The fourth-order valence-corrected chi connectivity index (χ4v) is 4.22. The first kappa shape index (κ1) is 20.3. The van der Waals surface area contributed by atoms with Gasteiger partial charge in [0.15, 0.2) is 11.6 Å². The van der Waals surface area contributed by atoms with Gasteiger partial charge in [-0.2, -0.15) is 0 Å². The Morgan fingerprint density at radius 2 is 1.61 bits per heavy atom. The predicted octanol–water partition coefficient (Wildman–Crippen LogP) is 6.11. The molecule has 0 aliphatic heterocycles. The summed E-state index contributed by atoms with van der Waals surface area (Å²) >= 11 is 0. The number of halogens is 2. The summed E-state index contributed by atoms with van der Waals surface area (Å²) in [7, 11) is 1.32. The summed E-state index contributed by atoms with van der Waals surface area (Å²) in [5.74, 6) is -1.53. The van der Waals surface area contributed by atoms with Crippen molar-refractivity contribution in [1.29, 1.82) is 0 Å². The summed E-state index contributed by atoms with van der Waals surface area (Å²) in [6.07, 6.45) is 2.98. The van der Waals surface area contributed by atoms with Crippen LogP contribution in [0.1, 0.15) is 62.8 Å². The zero-order valence-corrected chi connectivity index (χ0v) is 17.3. The lowest BCUT2D eigenvalue weighted by Crippen LogP contribution is -2.34. The lowest BCUT2D eigenvalue weighted by atomic mass is 9.62. The smallest absolute Gasteiger partial charge is 0.166 e. The average Bonchev–Trinajstić information content (AvgIpc) is 2.62. The number of hydrogen-bond acceptors (Lipinski definition) is 3. The second-order valence-electron chi connectivity index (χ2n) is 8.89. The number of aryl methyl sites for hydroxylation is 1. The molecule has 1 aliphatic rings. The number of methoxy groups -OCH3 is 1. The zero-order chi connectivity index (χ0) is 20.9. The molecule has 0 unspecified atom stereocenters. The molecule has 5 heteroatoms. The van der Waals surface area contributed by atoms with Crippen LogP contribution >= 0.6 is 0 Å². The maximum Gasteiger partial charge on any atom is 0.166 e. The lowest BCUT2D eigenvalue weighted by molar-refractivity contribution is 0.321. The normalized spacial score (nSPS) is 17.6. The quantitative estimate of drug-likeness (QED) is 0.392. The number of ether oxygens (including phenoxy) is 1. The van der Waals surface area contributed by atoms with Gasteiger partial charge in [-0.05, 0) is 65.0 Å². The van der Waals surface area contributed by atoms with Gasteiger partial charge in [-0.25, -0.2) is 8.78 Å². The van der Waals surface area contributed by atoms with E-state index in [0.717, 1.165) is 36.2 Å². The Morgan fingerprint density at radius 3 is 2.14 bits per heavy atom. The number of oxime groups is 1. The summed E-state index contributed by atoms with van der Waals surface area (Å²) in [4.78, 5) is 0. The van der Waals surface area contributed by atoms with Gasteiger partial charge in [0.1, 0.15) is 5.82 Å². The molecule has 0 spiro atoms. The van der Waals surface area contributed by atoms with E-state index in [2.05, 4.69) is 38.9 Å². The Bertz CT molecular complexity index is 962. The third-order valence-electron chi connectivity index (χ3n) is 6.07. The van der Waals surface area contributed by atoms with Crippen LogP contribution in [-0.4, -0.2) is 18.5 Å². The molecule has 1 aliphatic carbocycles. The Labute approximate surface area is 165 Å². The van der Waals surface area contributed by atoms with E-state index in [4.69, 9.17) is 9.94 Å². The van der Waals surface area contributed by atoms with E-state index in [1.807, 2.05) is 13.0 Å². The van der Waals surface area contributed by atoms with Gasteiger partial charge < -0.3 is 9.94 Å². The minimum atomic E-state index is -0.703. The highest BCUT2D eigenvalue weighted by atomic mass is 19.1. The van der Waals surface area contributed by atoms with Crippen molar-refractivity contribution in [2.24, 2.45) is 5.16 Å². The minimum absolute atomic E-state index is 0.0212. The summed E-state index contributed by atoms with van der Waals surface area (Å²) in [5, 5.41) is 11.7. The zero-order valence-electron chi connectivity index (χ0n) is 17.3. The van der Waals surface area contributed by atoms with Crippen molar-refractivity contribution in [2.45, 2.75) is 58.3 Å². The Kier molecular flexibility index (Phi) is 4.98. The first-order valence-corrected chi connectivity index (χ1v) is 9.43. The molecule has 1 N–H and O–H groups in total. The van der Waals surface area contributed by atoms with Crippen LogP contribution in [0.4, 0.5) is 8.78 Å². The van der Waals surface area contributed by atoms with Gasteiger partial charge in [-0.15, -0.1) is 0 Å². The van der Waals surface area contributed by atoms with Gasteiger partial charge in [-0.3, -0.25) is 0 Å². The van der Waals surface area contributed by atoms with E-state index in [-0.39, 0.29) is 27.7 Å². The van der Waals surface area contributed by atoms with E-state index < -0.39 is 11.6 Å². The van der Waals surface area contributed by atoms with E-state index in [1.54, 1.807) is 0 Å². The molecule has 0 aromatic heterocycles. The molecule has 150 valence electrons. The Morgan fingerprint density at radius 1 is 1.04 bits per heavy atom. The molecular formula is C23H27F2NO2. The van der Waals surface area contributed by atoms with Crippen LogP contribution in [0, 0.1) is 18.6 Å². The summed E-state index contributed by atoms with van der Waals surface area (Å²) < 4.78 is 35.1. The molecular weight excluding hydrogens is 360 g/mol. The predicted molar refractivity (Wildman–Crippen MR) is 108 cm³/mol. The molecule has 0 bridgehead atoms. The van der Waals surface area contributed by atoms with Crippen molar-refractivity contribution in [3.63, 3.8) is 0 Å². The molecule has 28 heavy (non-hydrogen) atoms. The summed E-state index contributed by atoms with van der Waals surface area (Å²) in [6, 6.07) is 5.04. The SMILES string of the molecule is COc1c(F)cc(/C=N/O)c(F)c1-c1cc2c(cc1C)C(C)(C)CCC2(C)C. The largest absolute Gasteiger partial charge is 0.493 e. The topological polar surface area (TPSA) is 41.8 Å².